The van der Waals surface area contributed by atoms with Crippen LogP contribution in [0.3, 0.4) is 0 Å². The summed E-state index contributed by atoms with van der Waals surface area (Å²) >= 11 is 0. The second-order valence-corrected chi connectivity index (χ2v) is 4.83. The summed E-state index contributed by atoms with van der Waals surface area (Å²) in [5.41, 5.74) is 0. The van der Waals surface area contributed by atoms with Crippen LogP contribution in [0.5, 0.6) is 0 Å². The van der Waals surface area contributed by atoms with E-state index in [-0.39, 0.29) is 0 Å². The summed E-state index contributed by atoms with van der Waals surface area (Å²) in [6.07, 6.45) is -7.15. The number of halogens is 1. The van der Waals surface area contributed by atoms with Crippen molar-refractivity contribution in [3.05, 3.63) is 0 Å². The van der Waals surface area contributed by atoms with E-state index >= 15 is 0 Å². The Labute approximate surface area is 91.0 Å². The molecule has 4 N–H and O–H groups in total. The molecule has 1 aliphatic rings. The van der Waals surface area contributed by atoms with Gasteiger partial charge in [-0.05, 0) is 6.92 Å². The fourth-order valence-electron chi connectivity index (χ4n) is 1.42. The molecule has 3 unspecified atom stereocenters. The smallest absolute Gasteiger partial charge is 0.388 e. The van der Waals surface area contributed by atoms with Gasteiger partial charge in [-0.1, -0.05) is 0 Å². The highest BCUT2D eigenvalue weighted by Crippen LogP contribution is 2.37. The lowest BCUT2D eigenvalue weighted by atomic mass is 9.97. The van der Waals surface area contributed by atoms with Crippen LogP contribution >= 0.6 is 7.82 Å². The normalized spacial score (nSPS) is 41.0. The summed E-state index contributed by atoms with van der Waals surface area (Å²) in [6, 6.07) is 0. The zero-order valence-corrected chi connectivity index (χ0v) is 9.33. The summed E-state index contributed by atoms with van der Waals surface area (Å²) in [7, 11) is -4.70. The predicted molar refractivity (Wildman–Crippen MR) is 49.2 cm³/mol. The maximum absolute atomic E-state index is 13.4. The molecular weight excluding hydrogens is 246 g/mol. The average Bonchev–Trinajstić information content (AvgIpc) is 2.17. The van der Waals surface area contributed by atoms with Crippen LogP contribution < -0.4 is 0 Å². The van der Waals surface area contributed by atoms with Gasteiger partial charge in [0.1, 0.15) is 18.3 Å². The minimum Gasteiger partial charge on any atom is -0.388 e. The minimum absolute atomic E-state index is 0.695. The van der Waals surface area contributed by atoms with Crippen LogP contribution in [0.15, 0.2) is 0 Å². The highest BCUT2D eigenvalue weighted by Gasteiger charge is 2.43. The summed E-state index contributed by atoms with van der Waals surface area (Å²) in [6.45, 7) is 0.712. The van der Waals surface area contributed by atoms with Crippen LogP contribution in [-0.4, -0.2) is 57.2 Å². The van der Waals surface area contributed by atoms with Gasteiger partial charge in [-0.15, -0.1) is 0 Å². The van der Waals surface area contributed by atoms with Crippen molar-refractivity contribution in [3.8, 4) is 0 Å². The number of ether oxygens (including phenoxy) is 1. The van der Waals surface area contributed by atoms with Crippen molar-refractivity contribution in [1.82, 2.24) is 0 Å². The van der Waals surface area contributed by atoms with E-state index in [4.69, 9.17) is 14.5 Å². The SMILES string of the molecule is CC1OC(COP(=O)(O)O)C(F)[C@H](O)[C@@H]1O. The molecule has 0 amide bonds. The molecule has 16 heavy (non-hydrogen) atoms. The highest BCUT2D eigenvalue weighted by atomic mass is 31.2. The first kappa shape index (κ1) is 14.0. The van der Waals surface area contributed by atoms with Crippen LogP contribution in [0.4, 0.5) is 4.39 Å². The number of rotatable bonds is 3. The lowest BCUT2D eigenvalue weighted by molar-refractivity contribution is -0.204. The van der Waals surface area contributed by atoms with E-state index in [0.717, 1.165) is 0 Å². The lowest BCUT2D eigenvalue weighted by Gasteiger charge is -2.37. The monoisotopic (exact) mass is 260 g/mol. The van der Waals surface area contributed by atoms with Crippen molar-refractivity contribution in [1.29, 1.82) is 0 Å². The Kier molecular flexibility index (Phi) is 4.42. The van der Waals surface area contributed by atoms with Crippen LogP contribution in [0.2, 0.25) is 0 Å². The zero-order valence-electron chi connectivity index (χ0n) is 8.43. The molecule has 0 bridgehead atoms. The molecule has 0 aromatic rings. The molecule has 0 aliphatic carbocycles. The van der Waals surface area contributed by atoms with Gasteiger partial charge in [0.2, 0.25) is 0 Å². The molecule has 1 fully saturated rings. The molecule has 0 spiro atoms. The zero-order chi connectivity index (χ0) is 12.5. The van der Waals surface area contributed by atoms with Gasteiger partial charge in [0, 0.05) is 0 Å². The van der Waals surface area contributed by atoms with Gasteiger partial charge in [0.05, 0.1) is 12.7 Å². The van der Waals surface area contributed by atoms with Crippen molar-refractivity contribution in [2.24, 2.45) is 0 Å². The van der Waals surface area contributed by atoms with Crippen molar-refractivity contribution in [2.45, 2.75) is 37.5 Å². The minimum atomic E-state index is -4.70. The maximum atomic E-state index is 13.4. The van der Waals surface area contributed by atoms with Crippen LogP contribution in [0.25, 0.3) is 0 Å². The Morgan fingerprint density at radius 2 is 1.94 bits per heavy atom. The molecule has 0 radical (unpaired) electrons. The van der Waals surface area contributed by atoms with Gasteiger partial charge in [-0.2, -0.15) is 0 Å². The van der Waals surface area contributed by atoms with Crippen LogP contribution in [0.1, 0.15) is 6.92 Å². The van der Waals surface area contributed by atoms with Gasteiger partial charge in [-0.25, -0.2) is 8.96 Å². The summed E-state index contributed by atoms with van der Waals surface area (Å²) < 4.78 is 32.8. The lowest BCUT2D eigenvalue weighted by Crippen LogP contribution is -2.56. The largest absolute Gasteiger partial charge is 0.469 e. The van der Waals surface area contributed by atoms with E-state index in [1.165, 1.54) is 6.92 Å². The number of hydrogen-bond acceptors (Lipinski definition) is 5. The Bertz CT molecular complexity index is 282. The average molecular weight is 260 g/mol. The summed E-state index contributed by atoms with van der Waals surface area (Å²) in [5.74, 6) is 0. The molecule has 1 heterocycles. The molecule has 1 aliphatic heterocycles. The molecule has 0 saturated carbocycles. The van der Waals surface area contributed by atoms with Gasteiger partial charge >= 0.3 is 7.82 Å². The third-order valence-electron chi connectivity index (χ3n) is 2.31. The van der Waals surface area contributed by atoms with Crippen molar-refractivity contribution in [3.63, 3.8) is 0 Å². The Hall–Kier alpha value is -0.0800. The van der Waals surface area contributed by atoms with Gasteiger partial charge in [-0.3, -0.25) is 4.52 Å². The topological polar surface area (TPSA) is 116 Å². The van der Waals surface area contributed by atoms with Gasteiger partial charge in [0.25, 0.3) is 0 Å². The van der Waals surface area contributed by atoms with E-state index < -0.39 is 45.0 Å². The molecule has 0 aromatic carbocycles. The summed E-state index contributed by atoms with van der Waals surface area (Å²) in [4.78, 5) is 16.8. The van der Waals surface area contributed by atoms with Crippen LogP contribution in [0, 0.1) is 0 Å². The standard InChI is InChI=1S/C7H14FO7P/c1-3-6(9)7(10)5(8)4(15-3)2-14-16(11,12)13/h3-7,9-10H,2H2,1H3,(H2,11,12,13)/t3?,4?,5?,6-,7+/m1/s1. The second kappa shape index (κ2) is 5.05. The molecule has 7 nitrogen and oxygen atoms in total. The van der Waals surface area contributed by atoms with Crippen molar-refractivity contribution in [2.75, 3.05) is 6.61 Å². The Morgan fingerprint density at radius 1 is 1.38 bits per heavy atom. The fourth-order valence-corrected chi connectivity index (χ4v) is 1.76. The third kappa shape index (κ3) is 3.46. The number of hydrogen-bond donors (Lipinski definition) is 4. The number of aliphatic hydroxyl groups is 2. The quantitative estimate of drug-likeness (QED) is 0.478. The first-order valence-corrected chi connectivity index (χ1v) is 6.11. The number of aliphatic hydroxyl groups excluding tert-OH is 2. The van der Waals surface area contributed by atoms with Crippen molar-refractivity contribution >= 4 is 7.82 Å². The van der Waals surface area contributed by atoms with Crippen LogP contribution in [-0.2, 0) is 13.8 Å². The van der Waals surface area contributed by atoms with E-state index in [1.54, 1.807) is 0 Å². The molecule has 1 saturated heterocycles. The Morgan fingerprint density at radius 3 is 2.44 bits per heavy atom. The summed E-state index contributed by atoms with van der Waals surface area (Å²) in [5, 5.41) is 18.5. The van der Waals surface area contributed by atoms with Gasteiger partial charge < -0.3 is 24.7 Å². The second-order valence-electron chi connectivity index (χ2n) is 3.59. The number of alkyl halides is 1. The molecule has 5 atom stereocenters. The molecule has 96 valence electrons. The molecular formula is C7H14FO7P. The molecule has 1 rings (SSSR count). The number of phosphoric ester groups is 1. The first-order chi connectivity index (χ1) is 7.22. The molecule has 9 heteroatoms. The van der Waals surface area contributed by atoms with E-state index in [1.807, 2.05) is 0 Å². The Balaban J connectivity index is 2.57. The number of phosphoric acid groups is 1. The predicted octanol–water partition coefficient (Wildman–Crippen LogP) is -1.06. The van der Waals surface area contributed by atoms with Gasteiger partial charge in [0.15, 0.2) is 6.17 Å². The third-order valence-corrected chi connectivity index (χ3v) is 2.79. The van der Waals surface area contributed by atoms with E-state index in [2.05, 4.69) is 4.52 Å². The first-order valence-electron chi connectivity index (χ1n) is 4.58. The van der Waals surface area contributed by atoms with E-state index in [0.29, 0.717) is 0 Å². The van der Waals surface area contributed by atoms with Crippen molar-refractivity contribution < 1.29 is 38.2 Å². The molecule has 0 aromatic heterocycles. The maximum Gasteiger partial charge on any atom is 0.469 e. The highest BCUT2D eigenvalue weighted by molar-refractivity contribution is 7.46. The van der Waals surface area contributed by atoms with E-state index in [9.17, 15) is 19.2 Å². The fraction of sp³-hybridized carbons (Fsp3) is 1.00.